The van der Waals surface area contributed by atoms with Crippen molar-refractivity contribution in [3.63, 3.8) is 0 Å². The molecule has 52 heavy (non-hydrogen) atoms. The number of nitrogens with zero attached hydrogens (tertiary/aromatic N) is 1. The number of fused-ring (bicyclic) bond motifs is 5. The summed E-state index contributed by atoms with van der Waals surface area (Å²) in [5.74, 6) is 0. The Kier molecular flexibility index (Phi) is 7.41. The summed E-state index contributed by atoms with van der Waals surface area (Å²) < 4.78 is 2.64. The molecule has 0 spiro atoms. The number of rotatable bonds is 6. The Morgan fingerprint density at radius 1 is 0.308 bits per heavy atom. The van der Waals surface area contributed by atoms with Crippen LogP contribution in [-0.2, 0) is 0 Å². The molecule has 0 atom stereocenters. The SMILES string of the molecule is c1cc(-c2ccc3c(c2)sc2ccccc23)cc(N(c2ccc(-c3cccc4ccccc34)cc2)c2ccccc2-c2ccc3ccccc3c2)c1. The molecule has 0 aliphatic carbocycles. The Morgan fingerprint density at radius 3 is 1.85 bits per heavy atom. The third kappa shape index (κ3) is 5.33. The van der Waals surface area contributed by atoms with E-state index in [4.69, 9.17) is 0 Å². The number of hydrogen-bond donors (Lipinski definition) is 0. The second kappa shape index (κ2) is 12.7. The molecule has 0 bridgehead atoms. The molecule has 0 unspecified atom stereocenters. The summed E-state index contributed by atoms with van der Waals surface area (Å²) in [7, 11) is 0. The first-order valence-electron chi connectivity index (χ1n) is 17.8. The van der Waals surface area contributed by atoms with Crippen LogP contribution in [-0.4, -0.2) is 0 Å². The van der Waals surface area contributed by atoms with E-state index >= 15 is 0 Å². The predicted molar refractivity (Wildman–Crippen MR) is 225 cm³/mol. The summed E-state index contributed by atoms with van der Waals surface area (Å²) in [6.07, 6.45) is 0. The maximum Gasteiger partial charge on any atom is 0.0540 e. The van der Waals surface area contributed by atoms with Gasteiger partial charge in [-0.1, -0.05) is 152 Å². The van der Waals surface area contributed by atoms with Gasteiger partial charge in [0.2, 0.25) is 0 Å². The predicted octanol–water partition coefficient (Wildman–Crippen LogP) is 14.8. The van der Waals surface area contributed by atoms with E-state index in [9.17, 15) is 0 Å². The van der Waals surface area contributed by atoms with E-state index in [1.54, 1.807) is 0 Å². The molecule has 0 aliphatic rings. The van der Waals surface area contributed by atoms with E-state index in [1.165, 1.54) is 75.1 Å². The van der Waals surface area contributed by atoms with E-state index in [0.29, 0.717) is 0 Å². The Labute approximate surface area is 307 Å². The van der Waals surface area contributed by atoms with Crippen molar-refractivity contribution in [2.75, 3.05) is 4.90 Å². The second-order valence-corrected chi connectivity index (χ2v) is 14.4. The Balaban J connectivity index is 1.13. The second-order valence-electron chi connectivity index (χ2n) is 13.3. The molecule has 1 nitrogen and oxygen atoms in total. The monoisotopic (exact) mass is 679 g/mol. The van der Waals surface area contributed by atoms with Crippen LogP contribution in [0.25, 0.3) is 75.1 Å². The number of benzene rings is 9. The molecule has 0 saturated heterocycles. The zero-order valence-electron chi connectivity index (χ0n) is 28.4. The summed E-state index contributed by atoms with van der Waals surface area (Å²) >= 11 is 1.86. The van der Waals surface area contributed by atoms with Gasteiger partial charge in [0.1, 0.15) is 0 Å². The average Bonchev–Trinajstić information content (AvgIpc) is 3.59. The number of hydrogen-bond acceptors (Lipinski definition) is 2. The molecule has 10 aromatic rings. The quantitative estimate of drug-likeness (QED) is 0.169. The molecule has 0 aliphatic heterocycles. The van der Waals surface area contributed by atoms with Gasteiger partial charge in [-0.15, -0.1) is 11.3 Å². The Morgan fingerprint density at radius 2 is 0.942 bits per heavy atom. The third-order valence-electron chi connectivity index (χ3n) is 10.2. The number of thiophene rings is 1. The highest BCUT2D eigenvalue weighted by Crippen LogP contribution is 2.44. The maximum absolute atomic E-state index is 2.42. The lowest BCUT2D eigenvalue weighted by molar-refractivity contribution is 1.28. The number of anilines is 3. The van der Waals surface area contributed by atoms with E-state index in [2.05, 4.69) is 205 Å². The summed E-state index contributed by atoms with van der Waals surface area (Å²) in [5.41, 5.74) is 10.6. The Bertz CT molecular complexity index is 2910. The fourth-order valence-electron chi connectivity index (χ4n) is 7.69. The van der Waals surface area contributed by atoms with Crippen LogP contribution in [0.5, 0.6) is 0 Å². The molecule has 0 N–H and O–H groups in total. The van der Waals surface area contributed by atoms with Crippen LogP contribution in [0.15, 0.2) is 200 Å². The van der Waals surface area contributed by atoms with Gasteiger partial charge in [0, 0.05) is 37.1 Å². The largest absolute Gasteiger partial charge is 0.310 e. The van der Waals surface area contributed by atoms with Crippen LogP contribution in [0.2, 0.25) is 0 Å². The van der Waals surface area contributed by atoms with Gasteiger partial charge >= 0.3 is 0 Å². The summed E-state index contributed by atoms with van der Waals surface area (Å²) in [4.78, 5) is 2.42. The van der Waals surface area contributed by atoms with Gasteiger partial charge in [-0.2, -0.15) is 0 Å². The van der Waals surface area contributed by atoms with Crippen molar-refractivity contribution in [2.45, 2.75) is 0 Å². The van der Waals surface area contributed by atoms with Crippen LogP contribution < -0.4 is 4.90 Å². The summed E-state index contributed by atoms with van der Waals surface area (Å²) in [6.45, 7) is 0. The van der Waals surface area contributed by atoms with Gasteiger partial charge in [0.25, 0.3) is 0 Å². The highest BCUT2D eigenvalue weighted by atomic mass is 32.1. The van der Waals surface area contributed by atoms with Crippen molar-refractivity contribution in [3.05, 3.63) is 200 Å². The van der Waals surface area contributed by atoms with Gasteiger partial charge in [-0.25, -0.2) is 0 Å². The van der Waals surface area contributed by atoms with Gasteiger partial charge < -0.3 is 4.90 Å². The van der Waals surface area contributed by atoms with Crippen molar-refractivity contribution in [1.29, 1.82) is 0 Å². The van der Waals surface area contributed by atoms with Crippen molar-refractivity contribution in [2.24, 2.45) is 0 Å². The van der Waals surface area contributed by atoms with Crippen LogP contribution in [0, 0.1) is 0 Å². The normalized spacial score (nSPS) is 11.5. The lowest BCUT2D eigenvalue weighted by Crippen LogP contribution is -2.11. The van der Waals surface area contributed by atoms with E-state index in [0.717, 1.165) is 17.1 Å². The molecule has 0 saturated carbocycles. The fraction of sp³-hybridized carbons (Fsp3) is 0. The standard InChI is InChI=1S/C50H33NS/c1-2-13-37-31-40(24-23-34(37)11-1)45-18-5-7-21-48(45)51(41-28-25-36(26-29-41)44-20-10-14-35-12-3-4-17-43(35)44)42-16-9-15-38(32-42)39-27-30-47-46-19-6-8-22-49(46)52-50(47)33-39/h1-33H. The maximum atomic E-state index is 2.42. The van der Waals surface area contributed by atoms with E-state index in [1.807, 2.05) is 11.3 Å². The van der Waals surface area contributed by atoms with Crippen LogP contribution in [0.1, 0.15) is 0 Å². The number of para-hydroxylation sites is 1. The first-order valence-corrected chi connectivity index (χ1v) is 18.6. The van der Waals surface area contributed by atoms with Gasteiger partial charge in [0.15, 0.2) is 0 Å². The average molecular weight is 680 g/mol. The molecule has 0 amide bonds. The first kappa shape index (κ1) is 30.4. The van der Waals surface area contributed by atoms with Gasteiger partial charge in [0.05, 0.1) is 5.69 Å². The Hall–Kier alpha value is -6.48. The third-order valence-corrected chi connectivity index (χ3v) is 11.4. The summed E-state index contributed by atoms with van der Waals surface area (Å²) in [6, 6.07) is 73.0. The molecular formula is C50H33NS. The lowest BCUT2D eigenvalue weighted by atomic mass is 9.97. The molecule has 1 heterocycles. The minimum absolute atomic E-state index is 1.11. The minimum atomic E-state index is 1.11. The van der Waals surface area contributed by atoms with E-state index < -0.39 is 0 Å². The van der Waals surface area contributed by atoms with E-state index in [-0.39, 0.29) is 0 Å². The molecule has 9 aromatic carbocycles. The van der Waals surface area contributed by atoms with Crippen molar-refractivity contribution in [1.82, 2.24) is 0 Å². The molecule has 2 heteroatoms. The first-order chi connectivity index (χ1) is 25.8. The highest BCUT2D eigenvalue weighted by molar-refractivity contribution is 7.25. The highest BCUT2D eigenvalue weighted by Gasteiger charge is 2.19. The van der Waals surface area contributed by atoms with Crippen LogP contribution in [0.4, 0.5) is 17.1 Å². The van der Waals surface area contributed by atoms with Crippen molar-refractivity contribution < 1.29 is 0 Å². The smallest absolute Gasteiger partial charge is 0.0540 e. The zero-order valence-corrected chi connectivity index (χ0v) is 29.2. The molecule has 1 aromatic heterocycles. The summed E-state index contributed by atoms with van der Waals surface area (Å²) in [5, 5.41) is 7.64. The van der Waals surface area contributed by atoms with Crippen LogP contribution in [0.3, 0.4) is 0 Å². The minimum Gasteiger partial charge on any atom is -0.310 e. The van der Waals surface area contributed by atoms with Crippen molar-refractivity contribution in [3.8, 4) is 33.4 Å². The lowest BCUT2D eigenvalue weighted by Gasteiger charge is -2.28. The molecule has 10 rings (SSSR count). The fourth-order valence-corrected chi connectivity index (χ4v) is 8.84. The van der Waals surface area contributed by atoms with Gasteiger partial charge in [-0.3, -0.25) is 0 Å². The van der Waals surface area contributed by atoms with Crippen molar-refractivity contribution >= 4 is 70.1 Å². The molecule has 0 fully saturated rings. The zero-order chi connectivity index (χ0) is 34.4. The topological polar surface area (TPSA) is 3.24 Å². The van der Waals surface area contributed by atoms with Crippen LogP contribution >= 0.6 is 11.3 Å². The molecule has 244 valence electrons. The molecule has 0 radical (unpaired) electrons. The van der Waals surface area contributed by atoms with Gasteiger partial charge in [-0.05, 0) is 97.9 Å². The molecular weight excluding hydrogens is 647 g/mol.